The first kappa shape index (κ1) is 11.4. The number of rotatable bonds is 2. The predicted molar refractivity (Wildman–Crippen MR) is 59.4 cm³/mol. The number of anilines is 1. The summed E-state index contributed by atoms with van der Waals surface area (Å²) in [6.45, 7) is 4.38. The second-order valence-electron chi connectivity index (χ2n) is 4.05. The molecule has 2 heterocycles. The van der Waals surface area contributed by atoms with Crippen molar-refractivity contribution >= 4 is 17.8 Å². The number of hydrogen-bond donors (Lipinski definition) is 2. The Kier molecular flexibility index (Phi) is 2.99. The first-order chi connectivity index (χ1) is 8.04. The molecule has 0 aromatic carbocycles. The minimum Gasteiger partial charge on any atom is -0.339 e. The highest BCUT2D eigenvalue weighted by Crippen LogP contribution is 2.10. The van der Waals surface area contributed by atoms with Gasteiger partial charge < -0.3 is 14.7 Å². The molecule has 0 unspecified atom stereocenters. The molecule has 2 rings (SSSR count). The zero-order valence-electron chi connectivity index (χ0n) is 9.69. The van der Waals surface area contributed by atoms with Crippen LogP contribution in [0, 0.1) is 6.92 Å². The number of likely N-dealkylation sites (tertiary alicyclic amines) is 1. The maximum absolute atomic E-state index is 11.5. The maximum atomic E-state index is 11.5. The molecule has 1 aliphatic rings. The van der Waals surface area contributed by atoms with E-state index in [-0.39, 0.29) is 18.0 Å². The lowest BCUT2D eigenvalue weighted by molar-refractivity contribution is -0.133. The first-order valence-corrected chi connectivity index (χ1v) is 5.31. The molecule has 1 aromatic heterocycles. The molecule has 0 bridgehead atoms. The molecule has 7 heteroatoms. The Morgan fingerprint density at radius 3 is 2.76 bits per heavy atom. The van der Waals surface area contributed by atoms with Gasteiger partial charge in [-0.05, 0) is 6.92 Å². The lowest BCUT2D eigenvalue weighted by atomic mass is 10.1. The van der Waals surface area contributed by atoms with Crippen LogP contribution in [-0.2, 0) is 4.79 Å². The van der Waals surface area contributed by atoms with Crippen LogP contribution >= 0.6 is 0 Å². The Hall–Kier alpha value is -2.05. The number of aryl methyl sites for hydroxylation is 1. The molecule has 1 aliphatic heterocycles. The number of aromatic nitrogens is 1. The van der Waals surface area contributed by atoms with Crippen molar-refractivity contribution in [2.75, 3.05) is 18.4 Å². The van der Waals surface area contributed by atoms with Crippen LogP contribution in [-0.4, -0.2) is 41.1 Å². The summed E-state index contributed by atoms with van der Waals surface area (Å²) in [5.74, 6) is 0.331. The van der Waals surface area contributed by atoms with Gasteiger partial charge in [0.2, 0.25) is 11.8 Å². The Morgan fingerprint density at radius 2 is 2.24 bits per heavy atom. The van der Waals surface area contributed by atoms with E-state index in [2.05, 4.69) is 15.8 Å². The van der Waals surface area contributed by atoms with Gasteiger partial charge in [-0.3, -0.25) is 10.1 Å². The number of urea groups is 1. The molecular weight excluding hydrogens is 224 g/mol. The SMILES string of the molecule is CC(=O)N1CC(NC(=O)Nc2cc(C)no2)C1. The number of carbonyl (C=O) groups is 2. The van der Waals surface area contributed by atoms with E-state index in [1.807, 2.05) is 0 Å². The van der Waals surface area contributed by atoms with Crippen molar-refractivity contribution in [2.24, 2.45) is 0 Å². The van der Waals surface area contributed by atoms with Crippen LogP contribution in [0.1, 0.15) is 12.6 Å². The highest BCUT2D eigenvalue weighted by Gasteiger charge is 2.29. The van der Waals surface area contributed by atoms with E-state index < -0.39 is 0 Å². The van der Waals surface area contributed by atoms with E-state index in [0.717, 1.165) is 0 Å². The van der Waals surface area contributed by atoms with Crippen molar-refractivity contribution in [1.82, 2.24) is 15.4 Å². The van der Waals surface area contributed by atoms with Gasteiger partial charge in [-0.15, -0.1) is 0 Å². The number of nitrogens with one attached hydrogen (secondary N) is 2. The standard InChI is InChI=1S/C10H14N4O3/c1-6-3-9(17-13-6)12-10(16)11-8-4-14(5-8)7(2)15/h3,8H,4-5H2,1-2H3,(H2,11,12,16). The summed E-state index contributed by atoms with van der Waals surface area (Å²) < 4.78 is 4.84. The van der Waals surface area contributed by atoms with Gasteiger partial charge in [0.25, 0.3) is 0 Å². The van der Waals surface area contributed by atoms with Crippen LogP contribution < -0.4 is 10.6 Å². The average molecular weight is 238 g/mol. The van der Waals surface area contributed by atoms with Crippen LogP contribution in [0.5, 0.6) is 0 Å². The van der Waals surface area contributed by atoms with Gasteiger partial charge >= 0.3 is 6.03 Å². The maximum Gasteiger partial charge on any atom is 0.321 e. The number of amides is 3. The summed E-state index contributed by atoms with van der Waals surface area (Å²) in [7, 11) is 0. The average Bonchev–Trinajstić information content (AvgIpc) is 2.56. The Balaban J connectivity index is 1.74. The minimum absolute atomic E-state index is 0.00270. The molecule has 0 saturated carbocycles. The Morgan fingerprint density at radius 1 is 1.53 bits per heavy atom. The fourth-order valence-corrected chi connectivity index (χ4v) is 1.58. The second kappa shape index (κ2) is 4.44. The van der Waals surface area contributed by atoms with Gasteiger partial charge in [0, 0.05) is 26.1 Å². The van der Waals surface area contributed by atoms with E-state index in [4.69, 9.17) is 4.52 Å². The van der Waals surface area contributed by atoms with Crippen molar-refractivity contribution in [3.05, 3.63) is 11.8 Å². The zero-order chi connectivity index (χ0) is 12.4. The van der Waals surface area contributed by atoms with Crippen molar-refractivity contribution in [2.45, 2.75) is 19.9 Å². The van der Waals surface area contributed by atoms with E-state index >= 15 is 0 Å². The van der Waals surface area contributed by atoms with Gasteiger partial charge in [-0.2, -0.15) is 0 Å². The normalized spacial score (nSPS) is 15.3. The largest absolute Gasteiger partial charge is 0.339 e. The molecule has 0 spiro atoms. The summed E-state index contributed by atoms with van der Waals surface area (Å²) in [5.41, 5.74) is 0.701. The fourth-order valence-electron chi connectivity index (χ4n) is 1.58. The fraction of sp³-hybridized carbons (Fsp3) is 0.500. The van der Waals surface area contributed by atoms with E-state index in [0.29, 0.717) is 24.7 Å². The van der Waals surface area contributed by atoms with Gasteiger partial charge in [0.15, 0.2) is 0 Å². The summed E-state index contributed by atoms with van der Waals surface area (Å²) in [5, 5.41) is 8.90. The van der Waals surface area contributed by atoms with E-state index in [1.165, 1.54) is 6.92 Å². The lowest BCUT2D eigenvalue weighted by Crippen LogP contribution is -2.61. The number of nitrogens with zero attached hydrogens (tertiary/aromatic N) is 2. The molecule has 1 saturated heterocycles. The third kappa shape index (κ3) is 2.74. The van der Waals surface area contributed by atoms with Crippen LogP contribution in [0.15, 0.2) is 10.6 Å². The van der Waals surface area contributed by atoms with Gasteiger partial charge in [0.1, 0.15) is 0 Å². The zero-order valence-corrected chi connectivity index (χ0v) is 9.69. The predicted octanol–water partition coefficient (Wildman–Crippen LogP) is 0.335. The molecular formula is C10H14N4O3. The number of carbonyl (C=O) groups excluding carboxylic acids is 2. The topological polar surface area (TPSA) is 87.5 Å². The lowest BCUT2D eigenvalue weighted by Gasteiger charge is -2.38. The Bertz CT molecular complexity index is 437. The van der Waals surface area contributed by atoms with Crippen LogP contribution in [0.4, 0.5) is 10.7 Å². The summed E-state index contributed by atoms with van der Waals surface area (Å²) in [4.78, 5) is 24.1. The Labute approximate surface area is 98.1 Å². The molecule has 1 fully saturated rings. The molecule has 7 nitrogen and oxygen atoms in total. The van der Waals surface area contributed by atoms with Gasteiger partial charge in [-0.1, -0.05) is 5.16 Å². The molecule has 3 amide bonds. The van der Waals surface area contributed by atoms with Crippen LogP contribution in [0.2, 0.25) is 0 Å². The third-order valence-electron chi connectivity index (χ3n) is 2.53. The highest BCUT2D eigenvalue weighted by molar-refractivity contribution is 5.88. The van der Waals surface area contributed by atoms with Crippen molar-refractivity contribution in [3.63, 3.8) is 0 Å². The van der Waals surface area contributed by atoms with Crippen LogP contribution in [0.25, 0.3) is 0 Å². The van der Waals surface area contributed by atoms with Crippen molar-refractivity contribution in [1.29, 1.82) is 0 Å². The summed E-state index contributed by atoms with van der Waals surface area (Å²) >= 11 is 0. The van der Waals surface area contributed by atoms with E-state index in [9.17, 15) is 9.59 Å². The smallest absolute Gasteiger partial charge is 0.321 e. The molecule has 17 heavy (non-hydrogen) atoms. The molecule has 0 aliphatic carbocycles. The second-order valence-corrected chi connectivity index (χ2v) is 4.05. The van der Waals surface area contributed by atoms with Crippen LogP contribution in [0.3, 0.4) is 0 Å². The monoisotopic (exact) mass is 238 g/mol. The third-order valence-corrected chi connectivity index (χ3v) is 2.53. The minimum atomic E-state index is -0.352. The number of hydrogen-bond acceptors (Lipinski definition) is 4. The van der Waals surface area contributed by atoms with E-state index in [1.54, 1.807) is 17.9 Å². The van der Waals surface area contributed by atoms with Gasteiger partial charge in [-0.25, -0.2) is 4.79 Å². The van der Waals surface area contributed by atoms with Gasteiger partial charge in [0.05, 0.1) is 11.7 Å². The summed E-state index contributed by atoms with van der Waals surface area (Å²) in [6, 6.07) is 1.28. The van der Waals surface area contributed by atoms with Crippen molar-refractivity contribution < 1.29 is 14.1 Å². The molecule has 0 radical (unpaired) electrons. The summed E-state index contributed by atoms with van der Waals surface area (Å²) in [6.07, 6.45) is 0. The molecule has 92 valence electrons. The highest BCUT2D eigenvalue weighted by atomic mass is 16.5. The quantitative estimate of drug-likeness (QED) is 0.777. The van der Waals surface area contributed by atoms with Crippen molar-refractivity contribution in [3.8, 4) is 0 Å². The first-order valence-electron chi connectivity index (χ1n) is 5.31. The molecule has 1 aromatic rings. The molecule has 2 N–H and O–H groups in total. The molecule has 0 atom stereocenters.